The molecule has 0 saturated heterocycles. The lowest BCUT2D eigenvalue weighted by molar-refractivity contribution is -0.870. The maximum atomic E-state index is 13.0. The number of allylic oxidation sites excluding steroid dienone is 1. The zero-order chi connectivity index (χ0) is 50.6. The minimum absolute atomic E-state index is 0.00281. The van der Waals surface area contributed by atoms with Gasteiger partial charge in [0.05, 0.1) is 39.9 Å². The van der Waals surface area contributed by atoms with E-state index in [2.05, 4.69) is 19.2 Å². The van der Waals surface area contributed by atoms with E-state index >= 15 is 0 Å². The van der Waals surface area contributed by atoms with E-state index in [9.17, 15) is 19.4 Å². The SMILES string of the molecule is CCCCCCCCCCCCCCCCCCCCCCCCC/C=C/C(O)C(COP(=O)([O-])OCC[N+](C)(C)C)NC(=O)CCCCCCCCCCCCCCCCCCCCCCCC. The van der Waals surface area contributed by atoms with Gasteiger partial charge in [-0.1, -0.05) is 302 Å². The van der Waals surface area contributed by atoms with Crippen LogP contribution in [0.4, 0.5) is 0 Å². The van der Waals surface area contributed by atoms with Crippen molar-refractivity contribution in [1.82, 2.24) is 5.32 Å². The van der Waals surface area contributed by atoms with E-state index < -0.39 is 20.0 Å². The number of aliphatic hydroxyl groups excluding tert-OH is 1. The molecule has 0 aromatic heterocycles. The summed E-state index contributed by atoms with van der Waals surface area (Å²) >= 11 is 0. The van der Waals surface area contributed by atoms with Crippen LogP contribution >= 0.6 is 7.82 Å². The molecule has 0 saturated carbocycles. The molecule has 0 rings (SSSR count). The second kappa shape index (κ2) is 52.1. The summed E-state index contributed by atoms with van der Waals surface area (Å²) in [5.74, 6) is -0.189. The molecule has 0 heterocycles. The van der Waals surface area contributed by atoms with E-state index in [4.69, 9.17) is 9.05 Å². The molecule has 2 N–H and O–H groups in total. The van der Waals surface area contributed by atoms with Gasteiger partial charge in [0.15, 0.2) is 0 Å². The third-order valence-corrected chi connectivity index (χ3v) is 15.2. The van der Waals surface area contributed by atoms with Crippen LogP contribution in [-0.2, 0) is 18.4 Å². The topological polar surface area (TPSA) is 108 Å². The van der Waals surface area contributed by atoms with Gasteiger partial charge < -0.3 is 28.8 Å². The molecule has 0 aromatic rings. The number of nitrogens with one attached hydrogen (secondary N) is 1. The fraction of sp³-hybridized carbons (Fsp3) is 0.950. The molecule has 8 nitrogen and oxygen atoms in total. The Morgan fingerprint density at radius 3 is 1.09 bits per heavy atom. The van der Waals surface area contributed by atoms with Crippen LogP contribution in [0.25, 0.3) is 0 Å². The summed E-state index contributed by atoms with van der Waals surface area (Å²) in [6.07, 6.45) is 64.4. The standard InChI is InChI=1S/C60H121N2O6P/c1-6-8-10-12-14-16-18-20-22-24-26-28-30-31-32-33-35-37-39-41-43-45-47-49-51-53-59(63)58(57-68-69(65,66)67-56-55-62(3,4)5)61-60(64)54-52-50-48-46-44-42-40-38-36-34-29-27-25-23-21-19-17-15-13-11-9-7-2/h51,53,58-59,63H,6-50,52,54-57H2,1-5H3,(H-,61,64,65,66)/b53-51+. The molecule has 0 aromatic carbocycles. The summed E-state index contributed by atoms with van der Waals surface area (Å²) in [5.41, 5.74) is 0. The first kappa shape index (κ1) is 68.2. The summed E-state index contributed by atoms with van der Waals surface area (Å²) in [4.78, 5) is 25.5. The molecule has 412 valence electrons. The average molecular weight is 998 g/mol. The number of quaternary nitrogens is 1. The van der Waals surface area contributed by atoms with Crippen molar-refractivity contribution in [3.8, 4) is 0 Å². The van der Waals surface area contributed by atoms with Crippen LogP contribution in [-0.4, -0.2) is 68.5 Å². The van der Waals surface area contributed by atoms with Crippen molar-refractivity contribution >= 4 is 13.7 Å². The zero-order valence-corrected chi connectivity index (χ0v) is 47.9. The Morgan fingerprint density at radius 1 is 0.493 bits per heavy atom. The van der Waals surface area contributed by atoms with Crippen LogP contribution in [0.5, 0.6) is 0 Å². The van der Waals surface area contributed by atoms with Crippen molar-refractivity contribution in [3.63, 3.8) is 0 Å². The molecule has 3 atom stereocenters. The van der Waals surface area contributed by atoms with Gasteiger partial charge in [-0.15, -0.1) is 0 Å². The highest BCUT2D eigenvalue weighted by atomic mass is 31.2. The minimum Gasteiger partial charge on any atom is -0.756 e. The Kier molecular flexibility index (Phi) is 51.5. The lowest BCUT2D eigenvalue weighted by atomic mass is 10.0. The molecule has 69 heavy (non-hydrogen) atoms. The third kappa shape index (κ3) is 54.8. The van der Waals surface area contributed by atoms with Crippen molar-refractivity contribution in [2.75, 3.05) is 40.9 Å². The average Bonchev–Trinajstić information content (AvgIpc) is 3.31. The number of phosphoric ester groups is 1. The Balaban J connectivity index is 4.14. The molecule has 0 bridgehead atoms. The van der Waals surface area contributed by atoms with Gasteiger partial charge in [0.25, 0.3) is 7.82 Å². The molecule has 0 aliphatic heterocycles. The molecule has 0 fully saturated rings. The van der Waals surface area contributed by atoms with E-state index in [1.165, 1.54) is 257 Å². The Labute approximate surface area is 431 Å². The largest absolute Gasteiger partial charge is 0.756 e. The molecule has 0 radical (unpaired) electrons. The van der Waals surface area contributed by atoms with Gasteiger partial charge in [-0.3, -0.25) is 9.36 Å². The lowest BCUT2D eigenvalue weighted by Crippen LogP contribution is -2.45. The smallest absolute Gasteiger partial charge is 0.268 e. The van der Waals surface area contributed by atoms with Gasteiger partial charge in [-0.05, 0) is 19.3 Å². The second-order valence-corrected chi connectivity index (χ2v) is 23.8. The summed E-state index contributed by atoms with van der Waals surface area (Å²) in [6.45, 7) is 4.71. The quantitative estimate of drug-likeness (QED) is 0.0272. The van der Waals surface area contributed by atoms with E-state index in [1.54, 1.807) is 6.08 Å². The second-order valence-electron chi connectivity index (χ2n) is 22.4. The number of rotatable bonds is 57. The predicted molar refractivity (Wildman–Crippen MR) is 298 cm³/mol. The van der Waals surface area contributed by atoms with E-state index in [0.29, 0.717) is 17.4 Å². The molecule has 3 unspecified atom stereocenters. The van der Waals surface area contributed by atoms with E-state index in [-0.39, 0.29) is 19.1 Å². The molecular weight excluding hydrogens is 876 g/mol. The van der Waals surface area contributed by atoms with Gasteiger partial charge in [-0.25, -0.2) is 0 Å². The number of hydrogen-bond donors (Lipinski definition) is 2. The van der Waals surface area contributed by atoms with Crippen molar-refractivity contribution in [2.24, 2.45) is 0 Å². The highest BCUT2D eigenvalue weighted by Gasteiger charge is 2.23. The highest BCUT2D eigenvalue weighted by Crippen LogP contribution is 2.38. The van der Waals surface area contributed by atoms with E-state index in [0.717, 1.165) is 38.5 Å². The van der Waals surface area contributed by atoms with Crippen LogP contribution < -0.4 is 10.2 Å². The number of nitrogens with zero attached hydrogens (tertiary/aromatic N) is 1. The Bertz CT molecular complexity index is 1130. The number of phosphoric acid groups is 1. The van der Waals surface area contributed by atoms with Crippen molar-refractivity contribution in [1.29, 1.82) is 0 Å². The molecule has 0 aliphatic carbocycles. The summed E-state index contributed by atoms with van der Waals surface area (Å²) in [5, 5.41) is 13.9. The normalized spacial score (nSPS) is 13.9. The van der Waals surface area contributed by atoms with Crippen molar-refractivity contribution in [2.45, 2.75) is 328 Å². The summed E-state index contributed by atoms with van der Waals surface area (Å²) in [7, 11) is 1.28. The van der Waals surface area contributed by atoms with Crippen LogP contribution in [0.1, 0.15) is 316 Å². The summed E-state index contributed by atoms with van der Waals surface area (Å²) in [6, 6.07) is -0.882. The van der Waals surface area contributed by atoms with Crippen LogP contribution in [0.2, 0.25) is 0 Å². The molecule has 0 spiro atoms. The number of carbonyl (C=O) groups is 1. The van der Waals surface area contributed by atoms with Crippen LogP contribution in [0.15, 0.2) is 12.2 Å². The van der Waals surface area contributed by atoms with Crippen LogP contribution in [0.3, 0.4) is 0 Å². The summed E-state index contributed by atoms with van der Waals surface area (Å²) < 4.78 is 23.4. The highest BCUT2D eigenvalue weighted by molar-refractivity contribution is 7.45. The third-order valence-electron chi connectivity index (χ3n) is 14.2. The van der Waals surface area contributed by atoms with Gasteiger partial charge in [0.2, 0.25) is 5.91 Å². The van der Waals surface area contributed by atoms with Gasteiger partial charge in [0.1, 0.15) is 13.2 Å². The zero-order valence-electron chi connectivity index (χ0n) is 47.0. The number of aliphatic hydroxyl groups is 1. The maximum Gasteiger partial charge on any atom is 0.268 e. The van der Waals surface area contributed by atoms with Gasteiger partial charge in [0, 0.05) is 6.42 Å². The fourth-order valence-corrected chi connectivity index (χ4v) is 10.2. The number of amides is 1. The van der Waals surface area contributed by atoms with E-state index in [1.807, 2.05) is 27.2 Å². The molecule has 9 heteroatoms. The Hall–Kier alpha value is -0.760. The lowest BCUT2D eigenvalue weighted by Gasteiger charge is -2.29. The van der Waals surface area contributed by atoms with Crippen molar-refractivity contribution in [3.05, 3.63) is 12.2 Å². The fourth-order valence-electron chi connectivity index (χ4n) is 9.45. The molecule has 0 aliphatic rings. The number of hydrogen-bond acceptors (Lipinski definition) is 6. The van der Waals surface area contributed by atoms with Crippen LogP contribution in [0, 0.1) is 0 Å². The first-order valence-electron chi connectivity index (χ1n) is 30.6. The maximum absolute atomic E-state index is 13.0. The van der Waals surface area contributed by atoms with Crippen molar-refractivity contribution < 1.29 is 32.9 Å². The monoisotopic (exact) mass is 997 g/mol. The first-order chi connectivity index (χ1) is 33.5. The number of likely N-dealkylation sites (N-methyl/N-ethyl adjacent to an activating group) is 1. The predicted octanol–water partition coefficient (Wildman–Crippen LogP) is 18.0. The van der Waals surface area contributed by atoms with Gasteiger partial charge in [-0.2, -0.15) is 0 Å². The minimum atomic E-state index is -4.59. The molecule has 1 amide bonds. The Morgan fingerprint density at radius 2 is 0.783 bits per heavy atom. The number of carbonyl (C=O) groups excluding carboxylic acids is 1. The van der Waals surface area contributed by atoms with Gasteiger partial charge >= 0.3 is 0 Å². The number of unbranched alkanes of at least 4 members (excludes halogenated alkanes) is 44. The first-order valence-corrected chi connectivity index (χ1v) is 32.0. The molecular formula is C60H121N2O6P.